The van der Waals surface area contributed by atoms with Crippen LogP contribution in [0.15, 0.2) is 76.9 Å². The van der Waals surface area contributed by atoms with Gasteiger partial charge in [0.2, 0.25) is 0 Å². The summed E-state index contributed by atoms with van der Waals surface area (Å²) in [6.07, 6.45) is 6.42. The average Bonchev–Trinajstić information content (AvgIpc) is 2.73. The van der Waals surface area contributed by atoms with E-state index in [2.05, 4.69) is 48.3 Å². The molecular weight excluding hydrogens is 347 g/mol. The summed E-state index contributed by atoms with van der Waals surface area (Å²) in [6, 6.07) is 21.4. The first-order valence-electron chi connectivity index (χ1n) is 9.73. The van der Waals surface area contributed by atoms with Crippen molar-refractivity contribution >= 4 is 12.4 Å². The highest BCUT2D eigenvalue weighted by Gasteiger charge is 2.05. The maximum absolute atomic E-state index is 14.5. The van der Waals surface area contributed by atoms with Gasteiger partial charge in [-0.2, -0.15) is 10.2 Å². The Labute approximate surface area is 166 Å². The summed E-state index contributed by atoms with van der Waals surface area (Å²) in [5.74, 6) is -0.258. The molecule has 3 rings (SSSR count). The molecule has 0 heterocycles. The molecule has 0 unspecified atom stereocenters. The Morgan fingerprint density at radius 3 is 1.96 bits per heavy atom. The average molecular weight is 372 g/mol. The second-order valence-electron chi connectivity index (χ2n) is 6.77. The second kappa shape index (κ2) is 9.75. The van der Waals surface area contributed by atoms with Crippen molar-refractivity contribution in [2.45, 2.75) is 33.1 Å². The van der Waals surface area contributed by atoms with Crippen LogP contribution in [0, 0.1) is 5.82 Å². The first-order chi connectivity index (χ1) is 13.7. The summed E-state index contributed by atoms with van der Waals surface area (Å²) in [4.78, 5) is 0. The minimum atomic E-state index is -0.258. The van der Waals surface area contributed by atoms with Crippen molar-refractivity contribution in [1.82, 2.24) is 0 Å². The monoisotopic (exact) mass is 372 g/mol. The molecule has 0 radical (unpaired) electrons. The molecule has 0 bridgehead atoms. The van der Waals surface area contributed by atoms with Gasteiger partial charge >= 0.3 is 0 Å². The Morgan fingerprint density at radius 1 is 0.750 bits per heavy atom. The van der Waals surface area contributed by atoms with Gasteiger partial charge in [-0.05, 0) is 46.7 Å². The fourth-order valence-electron chi connectivity index (χ4n) is 3.02. The number of nitrogens with zero attached hydrogens (tertiary/aromatic N) is 2. The minimum absolute atomic E-state index is 0.258. The van der Waals surface area contributed by atoms with Gasteiger partial charge in [0.05, 0.1) is 12.4 Å². The molecule has 2 nitrogen and oxygen atoms in total. The maximum atomic E-state index is 14.5. The quantitative estimate of drug-likeness (QED) is 0.336. The molecule has 28 heavy (non-hydrogen) atoms. The lowest BCUT2D eigenvalue weighted by molar-refractivity contribution is 0.631. The summed E-state index contributed by atoms with van der Waals surface area (Å²) in [6.45, 7) is 4.28. The largest absolute Gasteiger partial charge is 0.206 e. The van der Waals surface area contributed by atoms with Crippen molar-refractivity contribution in [3.63, 3.8) is 0 Å². The zero-order valence-electron chi connectivity index (χ0n) is 16.4. The molecule has 0 N–H and O–H groups in total. The van der Waals surface area contributed by atoms with Crippen LogP contribution in [0.3, 0.4) is 0 Å². The summed E-state index contributed by atoms with van der Waals surface area (Å²) in [7, 11) is 0. The fraction of sp³-hybridized carbons (Fsp3) is 0.200. The Morgan fingerprint density at radius 2 is 1.36 bits per heavy atom. The van der Waals surface area contributed by atoms with E-state index in [-0.39, 0.29) is 5.82 Å². The van der Waals surface area contributed by atoms with Crippen molar-refractivity contribution < 1.29 is 4.39 Å². The Balaban J connectivity index is 1.67. The van der Waals surface area contributed by atoms with Crippen molar-refractivity contribution in [3.05, 3.63) is 94.8 Å². The standard InChI is InChI=1S/C25H25FN2/c1-3-5-20-10-13-23(14-11-20)24-15-12-22(16-25(24)26)18-28-27-17-21-8-6-19(4-2)7-9-21/h6-18H,3-5H2,1-2H3. The SMILES string of the molecule is CCCc1ccc(-c2ccc(C=NN=Cc3ccc(CC)cc3)cc2F)cc1. The lowest BCUT2D eigenvalue weighted by Crippen LogP contribution is -1.89. The van der Waals surface area contributed by atoms with Crippen LogP contribution < -0.4 is 0 Å². The smallest absolute Gasteiger partial charge is 0.131 e. The zero-order valence-corrected chi connectivity index (χ0v) is 16.4. The van der Waals surface area contributed by atoms with E-state index in [1.807, 2.05) is 30.3 Å². The summed E-state index contributed by atoms with van der Waals surface area (Å²) in [5, 5.41) is 8.08. The first kappa shape index (κ1) is 19.7. The molecule has 0 aliphatic carbocycles. The molecule has 0 spiro atoms. The number of halogens is 1. The van der Waals surface area contributed by atoms with Gasteiger partial charge in [-0.15, -0.1) is 0 Å². The molecule has 0 saturated heterocycles. The highest BCUT2D eigenvalue weighted by Crippen LogP contribution is 2.24. The van der Waals surface area contributed by atoms with Crippen LogP contribution in [0.5, 0.6) is 0 Å². The summed E-state index contributed by atoms with van der Waals surface area (Å²) >= 11 is 0. The van der Waals surface area contributed by atoms with Gasteiger partial charge in [0.1, 0.15) is 5.82 Å². The van der Waals surface area contributed by atoms with Gasteiger partial charge in [0.25, 0.3) is 0 Å². The predicted octanol–water partition coefficient (Wildman–Crippen LogP) is 6.46. The molecule has 0 fully saturated rings. The predicted molar refractivity (Wildman–Crippen MR) is 117 cm³/mol. The third kappa shape index (κ3) is 5.23. The van der Waals surface area contributed by atoms with E-state index in [1.54, 1.807) is 18.5 Å². The van der Waals surface area contributed by atoms with Crippen LogP contribution in [0.1, 0.15) is 42.5 Å². The molecule has 3 aromatic carbocycles. The molecule has 0 aromatic heterocycles. The molecule has 142 valence electrons. The summed E-state index contributed by atoms with van der Waals surface area (Å²) < 4.78 is 14.5. The number of benzene rings is 3. The van der Waals surface area contributed by atoms with Gasteiger partial charge in [-0.1, -0.05) is 80.9 Å². The molecule has 3 heteroatoms. The van der Waals surface area contributed by atoms with Gasteiger partial charge in [0, 0.05) is 5.56 Å². The van der Waals surface area contributed by atoms with Crippen molar-refractivity contribution in [2.24, 2.45) is 10.2 Å². The lowest BCUT2D eigenvalue weighted by atomic mass is 10.0. The van der Waals surface area contributed by atoms with E-state index in [9.17, 15) is 4.39 Å². The fourth-order valence-corrected chi connectivity index (χ4v) is 3.02. The van der Waals surface area contributed by atoms with E-state index in [0.717, 1.165) is 30.4 Å². The van der Waals surface area contributed by atoms with Gasteiger partial charge in [0.15, 0.2) is 0 Å². The van der Waals surface area contributed by atoms with Gasteiger partial charge in [-0.25, -0.2) is 4.39 Å². The third-order valence-electron chi connectivity index (χ3n) is 4.67. The summed E-state index contributed by atoms with van der Waals surface area (Å²) in [5.41, 5.74) is 5.72. The number of rotatable bonds is 7. The number of aryl methyl sites for hydroxylation is 2. The van der Waals surface area contributed by atoms with E-state index >= 15 is 0 Å². The van der Waals surface area contributed by atoms with Crippen LogP contribution in [-0.2, 0) is 12.8 Å². The molecule has 0 aliphatic rings. The van der Waals surface area contributed by atoms with Crippen LogP contribution in [-0.4, -0.2) is 12.4 Å². The highest BCUT2D eigenvalue weighted by molar-refractivity contribution is 5.83. The molecule has 0 saturated carbocycles. The molecule has 0 aliphatic heterocycles. The van der Waals surface area contributed by atoms with Crippen LogP contribution in [0.2, 0.25) is 0 Å². The van der Waals surface area contributed by atoms with E-state index in [0.29, 0.717) is 11.1 Å². The van der Waals surface area contributed by atoms with E-state index < -0.39 is 0 Å². The zero-order chi connectivity index (χ0) is 19.8. The minimum Gasteiger partial charge on any atom is -0.206 e. The van der Waals surface area contributed by atoms with Crippen molar-refractivity contribution in [1.29, 1.82) is 0 Å². The van der Waals surface area contributed by atoms with Crippen molar-refractivity contribution in [2.75, 3.05) is 0 Å². The topological polar surface area (TPSA) is 24.7 Å². The van der Waals surface area contributed by atoms with E-state index in [1.165, 1.54) is 17.2 Å². The highest BCUT2D eigenvalue weighted by atomic mass is 19.1. The Hall–Kier alpha value is -3.07. The Kier molecular flexibility index (Phi) is 6.85. The van der Waals surface area contributed by atoms with Gasteiger partial charge < -0.3 is 0 Å². The number of hydrogen-bond acceptors (Lipinski definition) is 2. The third-order valence-corrected chi connectivity index (χ3v) is 4.67. The molecular formula is C25H25FN2. The Bertz CT molecular complexity index is 955. The van der Waals surface area contributed by atoms with Gasteiger partial charge in [-0.3, -0.25) is 0 Å². The van der Waals surface area contributed by atoms with Crippen LogP contribution in [0.25, 0.3) is 11.1 Å². The molecule has 3 aromatic rings. The first-order valence-corrected chi connectivity index (χ1v) is 9.73. The van der Waals surface area contributed by atoms with Crippen LogP contribution >= 0.6 is 0 Å². The molecule has 0 amide bonds. The second-order valence-corrected chi connectivity index (χ2v) is 6.77. The van der Waals surface area contributed by atoms with E-state index in [4.69, 9.17) is 0 Å². The van der Waals surface area contributed by atoms with Crippen LogP contribution in [0.4, 0.5) is 4.39 Å². The van der Waals surface area contributed by atoms with Crippen molar-refractivity contribution in [3.8, 4) is 11.1 Å². The normalized spacial score (nSPS) is 11.5. The maximum Gasteiger partial charge on any atom is 0.131 e. The number of hydrogen-bond donors (Lipinski definition) is 0. The molecule has 0 atom stereocenters. The lowest BCUT2D eigenvalue weighted by Gasteiger charge is -2.06.